The Bertz CT molecular complexity index is 1030. The van der Waals surface area contributed by atoms with Gasteiger partial charge in [-0.1, -0.05) is 86.1 Å². The van der Waals surface area contributed by atoms with Crippen molar-refractivity contribution in [2.45, 2.75) is 44.3 Å². The zero-order valence-electron chi connectivity index (χ0n) is 18.9. The van der Waals surface area contributed by atoms with Crippen molar-refractivity contribution in [2.75, 3.05) is 13.2 Å². The van der Waals surface area contributed by atoms with Crippen molar-refractivity contribution in [2.24, 2.45) is 0 Å². The Morgan fingerprint density at radius 2 is 1.55 bits per heavy atom. The smallest absolute Gasteiger partial charge is 0.407 e. The third-order valence-electron chi connectivity index (χ3n) is 6.28. The molecule has 0 saturated carbocycles. The molecule has 1 aliphatic rings. The number of carbonyl (C=O) groups excluding carboxylic acids is 1. The Hall–Kier alpha value is -3.15. The minimum Gasteiger partial charge on any atom is -0.449 e. The summed E-state index contributed by atoms with van der Waals surface area (Å²) in [6, 6.07) is 24.0. The third kappa shape index (κ3) is 5.27. The van der Waals surface area contributed by atoms with E-state index in [-0.39, 0.29) is 25.5 Å². The van der Waals surface area contributed by atoms with Gasteiger partial charge in [0.05, 0.1) is 6.10 Å². The highest BCUT2D eigenvalue weighted by Crippen LogP contribution is 2.44. The zero-order chi connectivity index (χ0) is 23.2. The number of benzene rings is 3. The van der Waals surface area contributed by atoms with Gasteiger partial charge in [0.1, 0.15) is 12.7 Å². The van der Waals surface area contributed by atoms with E-state index in [0.29, 0.717) is 5.56 Å². The molecule has 2 unspecified atom stereocenters. The molecule has 5 nitrogen and oxygen atoms in total. The van der Waals surface area contributed by atoms with Gasteiger partial charge in [-0.2, -0.15) is 0 Å². The predicted molar refractivity (Wildman–Crippen MR) is 129 cm³/mol. The second-order valence-electron chi connectivity index (χ2n) is 8.54. The van der Waals surface area contributed by atoms with Gasteiger partial charge in [-0.05, 0) is 46.2 Å². The van der Waals surface area contributed by atoms with E-state index in [1.807, 2.05) is 48.5 Å². The molecule has 3 aromatic carbocycles. The molecule has 0 saturated heterocycles. The fourth-order valence-electron chi connectivity index (χ4n) is 4.52. The molecule has 5 heteroatoms. The van der Waals surface area contributed by atoms with Crippen molar-refractivity contribution < 1.29 is 19.7 Å². The molecule has 0 aliphatic heterocycles. The average Bonchev–Trinajstić information content (AvgIpc) is 3.16. The predicted octanol–water partition coefficient (Wildman–Crippen LogP) is 4.96. The number of aliphatic hydroxyl groups excluding tert-OH is 2. The van der Waals surface area contributed by atoms with Gasteiger partial charge in [-0.25, -0.2) is 4.79 Å². The van der Waals surface area contributed by atoms with E-state index in [1.54, 1.807) is 0 Å². The summed E-state index contributed by atoms with van der Waals surface area (Å²) in [4.78, 5) is 12.3. The first-order valence-electron chi connectivity index (χ1n) is 11.6. The number of hydrogen-bond donors (Lipinski definition) is 3. The van der Waals surface area contributed by atoms with Crippen LogP contribution in [0.1, 0.15) is 54.0 Å². The van der Waals surface area contributed by atoms with E-state index in [1.165, 1.54) is 16.7 Å². The highest BCUT2D eigenvalue weighted by molar-refractivity contribution is 5.79. The molecule has 2 atom stereocenters. The van der Waals surface area contributed by atoms with Crippen molar-refractivity contribution in [1.29, 1.82) is 0 Å². The van der Waals surface area contributed by atoms with Gasteiger partial charge in [-0.15, -0.1) is 0 Å². The van der Waals surface area contributed by atoms with Gasteiger partial charge in [0, 0.05) is 12.5 Å². The molecule has 1 amide bonds. The molecule has 3 aromatic rings. The largest absolute Gasteiger partial charge is 0.449 e. The molecule has 0 aromatic heterocycles. The fraction of sp³-hybridized carbons (Fsp3) is 0.321. The summed E-state index contributed by atoms with van der Waals surface area (Å²) in [5, 5.41) is 23.4. The molecule has 0 fully saturated rings. The van der Waals surface area contributed by atoms with Crippen LogP contribution < -0.4 is 5.32 Å². The molecule has 0 heterocycles. The number of aryl methyl sites for hydroxylation is 1. The summed E-state index contributed by atoms with van der Waals surface area (Å²) < 4.78 is 5.51. The van der Waals surface area contributed by atoms with Crippen LogP contribution in [0.3, 0.4) is 0 Å². The highest BCUT2D eigenvalue weighted by atomic mass is 16.5. The summed E-state index contributed by atoms with van der Waals surface area (Å²) >= 11 is 0. The Kier molecular flexibility index (Phi) is 7.43. The molecular weight excluding hydrogens is 414 g/mol. The van der Waals surface area contributed by atoms with Crippen molar-refractivity contribution in [3.63, 3.8) is 0 Å². The van der Waals surface area contributed by atoms with Gasteiger partial charge in [-0.3, -0.25) is 0 Å². The van der Waals surface area contributed by atoms with E-state index < -0.39 is 18.3 Å². The highest BCUT2D eigenvalue weighted by Gasteiger charge is 2.29. The number of aliphatic hydroxyl groups is 2. The van der Waals surface area contributed by atoms with E-state index in [9.17, 15) is 15.0 Å². The third-order valence-corrected chi connectivity index (χ3v) is 6.28. The number of hydrogen-bond acceptors (Lipinski definition) is 4. The van der Waals surface area contributed by atoms with Crippen molar-refractivity contribution in [1.82, 2.24) is 5.32 Å². The summed E-state index contributed by atoms with van der Waals surface area (Å²) in [6.07, 6.45) is -0.222. The minimum absolute atomic E-state index is 0.00578. The molecular formula is C28H31NO4. The van der Waals surface area contributed by atoms with Crippen LogP contribution in [0.2, 0.25) is 0 Å². The van der Waals surface area contributed by atoms with E-state index in [2.05, 4.69) is 36.5 Å². The number of fused-ring (bicyclic) bond motifs is 3. The second-order valence-corrected chi connectivity index (χ2v) is 8.54. The fourth-order valence-corrected chi connectivity index (χ4v) is 4.52. The maximum absolute atomic E-state index is 12.3. The van der Waals surface area contributed by atoms with Crippen LogP contribution in [-0.2, 0) is 11.2 Å². The lowest BCUT2D eigenvalue weighted by molar-refractivity contribution is 0.0136. The number of amides is 1. The van der Waals surface area contributed by atoms with Gasteiger partial charge in [0.15, 0.2) is 0 Å². The van der Waals surface area contributed by atoms with Gasteiger partial charge in [0.2, 0.25) is 0 Å². The van der Waals surface area contributed by atoms with Crippen LogP contribution in [0.5, 0.6) is 0 Å². The maximum atomic E-state index is 12.3. The van der Waals surface area contributed by atoms with Crippen molar-refractivity contribution in [3.05, 3.63) is 95.1 Å². The Balaban J connectivity index is 1.25. The number of ether oxygens (including phenoxy) is 1. The Morgan fingerprint density at radius 1 is 0.939 bits per heavy atom. The average molecular weight is 446 g/mol. The number of rotatable bonds is 9. The van der Waals surface area contributed by atoms with Crippen LogP contribution in [0, 0.1) is 0 Å². The molecule has 33 heavy (non-hydrogen) atoms. The lowest BCUT2D eigenvalue weighted by Crippen LogP contribution is -2.30. The number of nitrogens with one attached hydrogen (secondary N) is 1. The normalized spacial score (nSPS) is 14.3. The molecule has 172 valence electrons. The van der Waals surface area contributed by atoms with Gasteiger partial charge >= 0.3 is 6.09 Å². The lowest BCUT2D eigenvalue weighted by Gasteiger charge is -2.19. The van der Waals surface area contributed by atoms with Crippen LogP contribution in [0.25, 0.3) is 11.1 Å². The van der Waals surface area contributed by atoms with Crippen LogP contribution in [0.15, 0.2) is 72.8 Å². The summed E-state index contributed by atoms with van der Waals surface area (Å²) in [5.74, 6) is 0.00578. The van der Waals surface area contributed by atoms with E-state index in [0.717, 1.165) is 24.0 Å². The molecule has 4 rings (SSSR count). The summed E-state index contributed by atoms with van der Waals surface area (Å²) in [7, 11) is 0. The first kappa shape index (κ1) is 23.0. The molecule has 0 bridgehead atoms. The standard InChI is InChI=1S/C28H31NO4/c1-2-7-19-12-14-20(15-13-19)27(31)26(30)16-17-29-28(32)33-18-25-23-10-5-3-8-21(23)22-9-4-6-11-24(22)25/h3-6,8-15,25-27,30-31H,2,7,16-18H2,1H3,(H,29,32). The van der Waals surface area contributed by atoms with E-state index in [4.69, 9.17) is 4.74 Å². The topological polar surface area (TPSA) is 78.8 Å². The number of alkyl carbamates (subject to hydrolysis) is 1. The second kappa shape index (κ2) is 10.6. The van der Waals surface area contributed by atoms with Crippen LogP contribution in [0.4, 0.5) is 4.79 Å². The van der Waals surface area contributed by atoms with Crippen molar-refractivity contribution >= 4 is 6.09 Å². The summed E-state index contributed by atoms with van der Waals surface area (Å²) in [6.45, 7) is 2.58. The Morgan fingerprint density at radius 3 is 2.15 bits per heavy atom. The van der Waals surface area contributed by atoms with Gasteiger partial charge in [0.25, 0.3) is 0 Å². The molecule has 0 radical (unpaired) electrons. The first-order valence-corrected chi connectivity index (χ1v) is 11.6. The summed E-state index contributed by atoms with van der Waals surface area (Å²) in [5.41, 5.74) is 6.57. The molecule has 3 N–H and O–H groups in total. The molecule has 0 spiro atoms. The number of carbonyl (C=O) groups is 1. The van der Waals surface area contributed by atoms with Crippen molar-refractivity contribution in [3.8, 4) is 11.1 Å². The molecule has 1 aliphatic carbocycles. The SMILES string of the molecule is CCCc1ccc(C(O)C(O)CCNC(=O)OCC2c3ccccc3-c3ccccc32)cc1. The van der Waals surface area contributed by atoms with E-state index >= 15 is 0 Å². The quantitative estimate of drug-likeness (QED) is 0.435. The first-order chi connectivity index (χ1) is 16.1. The zero-order valence-corrected chi connectivity index (χ0v) is 18.9. The lowest BCUT2D eigenvalue weighted by atomic mass is 9.98. The van der Waals surface area contributed by atoms with Gasteiger partial charge < -0.3 is 20.3 Å². The van der Waals surface area contributed by atoms with Crippen LogP contribution >= 0.6 is 0 Å². The van der Waals surface area contributed by atoms with Crippen LogP contribution in [-0.4, -0.2) is 35.6 Å². The Labute approximate surface area is 195 Å². The minimum atomic E-state index is -0.995. The maximum Gasteiger partial charge on any atom is 0.407 e. The monoisotopic (exact) mass is 445 g/mol.